The predicted molar refractivity (Wildman–Crippen MR) is 288 cm³/mol. The Kier molecular flexibility index (Phi) is 51.9. The Labute approximate surface area is 413 Å². The predicted octanol–water partition coefficient (Wildman–Crippen LogP) is 18.5. The van der Waals surface area contributed by atoms with Gasteiger partial charge in [0.05, 0.1) is 0 Å². The summed E-state index contributed by atoms with van der Waals surface area (Å²) in [5.74, 6) is -0.939. The van der Waals surface area contributed by atoms with Crippen molar-refractivity contribution in [1.29, 1.82) is 0 Å². The van der Waals surface area contributed by atoms with Crippen molar-refractivity contribution < 1.29 is 28.6 Å². The summed E-state index contributed by atoms with van der Waals surface area (Å²) >= 11 is 0. The van der Waals surface area contributed by atoms with Crippen molar-refractivity contribution >= 4 is 17.9 Å². The van der Waals surface area contributed by atoms with Crippen molar-refractivity contribution in [1.82, 2.24) is 0 Å². The van der Waals surface area contributed by atoms with E-state index in [0.717, 1.165) is 135 Å². The second-order valence-electron chi connectivity index (χ2n) is 18.1. The summed E-state index contributed by atoms with van der Waals surface area (Å²) in [6, 6.07) is 0. The van der Waals surface area contributed by atoms with Gasteiger partial charge in [0.25, 0.3) is 0 Å². The zero-order valence-electron chi connectivity index (χ0n) is 43.6. The molecule has 0 saturated carbocycles. The summed E-state index contributed by atoms with van der Waals surface area (Å²) < 4.78 is 16.8. The van der Waals surface area contributed by atoms with Gasteiger partial charge in [0.2, 0.25) is 0 Å². The summed E-state index contributed by atoms with van der Waals surface area (Å²) in [6.07, 6.45) is 72.5. The molecule has 0 saturated heterocycles. The molecule has 1 atom stereocenters. The van der Waals surface area contributed by atoms with Gasteiger partial charge in [-0.1, -0.05) is 214 Å². The van der Waals surface area contributed by atoms with E-state index in [9.17, 15) is 14.4 Å². The summed E-state index contributed by atoms with van der Waals surface area (Å²) in [7, 11) is 0. The summed E-state index contributed by atoms with van der Waals surface area (Å²) in [5.41, 5.74) is 0. The Bertz CT molecular complexity index is 1350. The van der Waals surface area contributed by atoms with Gasteiger partial charge in [-0.15, -0.1) is 0 Å². The summed E-state index contributed by atoms with van der Waals surface area (Å²) in [4.78, 5) is 38.1. The van der Waals surface area contributed by atoms with Crippen LogP contribution in [0.5, 0.6) is 0 Å². The minimum Gasteiger partial charge on any atom is -0.462 e. The molecular formula is C61H102O6. The number of carbonyl (C=O) groups excluding carboxylic acids is 3. The zero-order chi connectivity index (χ0) is 48.6. The lowest BCUT2D eigenvalue weighted by molar-refractivity contribution is -0.167. The van der Waals surface area contributed by atoms with Gasteiger partial charge in [0, 0.05) is 19.3 Å². The van der Waals surface area contributed by atoms with Crippen LogP contribution < -0.4 is 0 Å². The number of allylic oxidation sites excluding steroid dienone is 16. The van der Waals surface area contributed by atoms with Gasteiger partial charge in [-0.25, -0.2) is 0 Å². The van der Waals surface area contributed by atoms with Crippen LogP contribution in [0.1, 0.15) is 252 Å². The molecule has 0 N–H and O–H groups in total. The zero-order valence-corrected chi connectivity index (χ0v) is 43.6. The number of esters is 3. The minimum absolute atomic E-state index is 0.0969. The first-order valence-electron chi connectivity index (χ1n) is 27.7. The number of unbranched alkanes of at least 4 members (excludes halogenated alkanes) is 22. The maximum atomic E-state index is 12.8. The number of hydrogen-bond donors (Lipinski definition) is 0. The molecule has 0 fully saturated rings. The highest BCUT2D eigenvalue weighted by Crippen LogP contribution is 2.14. The fraction of sp³-hybridized carbons (Fsp3) is 0.689. The normalized spacial score (nSPS) is 12.8. The molecule has 0 aliphatic carbocycles. The molecule has 0 aliphatic rings. The van der Waals surface area contributed by atoms with E-state index in [2.05, 4.69) is 118 Å². The molecule has 0 rings (SSSR count). The molecule has 0 spiro atoms. The van der Waals surface area contributed by atoms with Gasteiger partial charge in [-0.05, 0) is 116 Å². The van der Waals surface area contributed by atoms with E-state index >= 15 is 0 Å². The lowest BCUT2D eigenvalue weighted by atomic mass is 10.1. The first-order valence-corrected chi connectivity index (χ1v) is 27.7. The summed E-state index contributed by atoms with van der Waals surface area (Å²) in [6.45, 7) is 6.37. The Balaban J connectivity index is 4.47. The number of carbonyl (C=O) groups is 3. The molecule has 0 aromatic rings. The Morgan fingerprint density at radius 1 is 0.313 bits per heavy atom. The quantitative estimate of drug-likeness (QED) is 0.0262. The molecule has 67 heavy (non-hydrogen) atoms. The van der Waals surface area contributed by atoms with E-state index in [1.807, 2.05) is 0 Å². The molecule has 0 heterocycles. The Hall–Kier alpha value is -3.67. The molecule has 6 heteroatoms. The Morgan fingerprint density at radius 3 is 0.925 bits per heavy atom. The van der Waals surface area contributed by atoms with E-state index in [1.54, 1.807) is 0 Å². The van der Waals surface area contributed by atoms with E-state index in [4.69, 9.17) is 14.2 Å². The molecule has 0 aliphatic heterocycles. The SMILES string of the molecule is CC/C=C\C/C=C\C/C=C\C/C=C\CCCCCCC(=O)OCC(COC(=O)CCCCCCC/C=C\C/C=C\C/C=C\CC)OC(=O)CCCCCCCCC/C=C\CCCCCCCC. The standard InChI is InChI=1S/C61H102O6/c1-4-7-10-13-16-19-22-25-28-30-33-36-39-42-45-48-51-54-60(63)66-57-58(56-65-59(62)53-50-47-44-41-38-35-32-27-24-21-18-15-12-9-6-3)67-61(64)55-52-49-46-43-40-37-34-31-29-26-23-20-17-14-11-8-5-2/h7,9-10,12,16,18-19,21,25-29,32-33,36,58H,4-6,8,11,13-15,17,20,22-24,30-31,34-35,37-57H2,1-3H3/b10-7-,12-9-,19-16-,21-18-,28-25-,29-26-,32-27-,36-33-. The van der Waals surface area contributed by atoms with E-state index < -0.39 is 6.10 Å². The molecule has 1 unspecified atom stereocenters. The van der Waals surface area contributed by atoms with Crippen LogP contribution in [0.15, 0.2) is 97.2 Å². The molecule has 0 aromatic heterocycles. The van der Waals surface area contributed by atoms with E-state index in [0.29, 0.717) is 19.3 Å². The fourth-order valence-corrected chi connectivity index (χ4v) is 7.44. The lowest BCUT2D eigenvalue weighted by Gasteiger charge is -2.18. The van der Waals surface area contributed by atoms with Crippen LogP contribution in [0.25, 0.3) is 0 Å². The van der Waals surface area contributed by atoms with Crippen molar-refractivity contribution in [2.75, 3.05) is 13.2 Å². The monoisotopic (exact) mass is 931 g/mol. The minimum atomic E-state index is -0.798. The average molecular weight is 931 g/mol. The second kappa shape index (κ2) is 54.9. The van der Waals surface area contributed by atoms with Gasteiger partial charge >= 0.3 is 17.9 Å². The summed E-state index contributed by atoms with van der Waals surface area (Å²) in [5, 5.41) is 0. The molecule has 0 aromatic carbocycles. The highest BCUT2D eigenvalue weighted by molar-refractivity contribution is 5.71. The van der Waals surface area contributed by atoms with Gasteiger partial charge in [0.1, 0.15) is 13.2 Å². The number of rotatable bonds is 49. The first kappa shape index (κ1) is 63.3. The van der Waals surface area contributed by atoms with Crippen molar-refractivity contribution in [3.8, 4) is 0 Å². The van der Waals surface area contributed by atoms with Crippen LogP contribution in [0.4, 0.5) is 0 Å². The van der Waals surface area contributed by atoms with Crippen molar-refractivity contribution in [3.63, 3.8) is 0 Å². The molecule has 0 bridgehead atoms. The second-order valence-corrected chi connectivity index (χ2v) is 18.1. The lowest BCUT2D eigenvalue weighted by Crippen LogP contribution is -2.30. The number of ether oxygens (including phenoxy) is 3. The molecule has 0 amide bonds. The molecule has 0 radical (unpaired) electrons. The first-order chi connectivity index (χ1) is 33.0. The van der Waals surface area contributed by atoms with Gasteiger partial charge in [-0.2, -0.15) is 0 Å². The van der Waals surface area contributed by atoms with E-state index in [-0.39, 0.29) is 31.1 Å². The molecule has 6 nitrogen and oxygen atoms in total. The van der Waals surface area contributed by atoms with Crippen LogP contribution in [0.3, 0.4) is 0 Å². The van der Waals surface area contributed by atoms with E-state index in [1.165, 1.54) is 77.0 Å². The topological polar surface area (TPSA) is 78.9 Å². The van der Waals surface area contributed by atoms with Gasteiger partial charge in [0.15, 0.2) is 6.10 Å². The Morgan fingerprint density at radius 2 is 0.582 bits per heavy atom. The number of hydrogen-bond acceptors (Lipinski definition) is 6. The third kappa shape index (κ3) is 53.2. The van der Waals surface area contributed by atoms with Crippen molar-refractivity contribution in [2.45, 2.75) is 258 Å². The highest BCUT2D eigenvalue weighted by Gasteiger charge is 2.19. The van der Waals surface area contributed by atoms with Crippen LogP contribution in [0.2, 0.25) is 0 Å². The van der Waals surface area contributed by atoms with Gasteiger partial charge in [-0.3, -0.25) is 14.4 Å². The third-order valence-electron chi connectivity index (χ3n) is 11.6. The van der Waals surface area contributed by atoms with Crippen molar-refractivity contribution in [3.05, 3.63) is 97.2 Å². The van der Waals surface area contributed by atoms with Crippen LogP contribution in [0, 0.1) is 0 Å². The van der Waals surface area contributed by atoms with Gasteiger partial charge < -0.3 is 14.2 Å². The van der Waals surface area contributed by atoms with Crippen LogP contribution in [-0.2, 0) is 28.6 Å². The molecular weight excluding hydrogens is 829 g/mol. The maximum Gasteiger partial charge on any atom is 0.306 e. The van der Waals surface area contributed by atoms with Crippen LogP contribution in [-0.4, -0.2) is 37.2 Å². The van der Waals surface area contributed by atoms with Crippen LogP contribution >= 0.6 is 0 Å². The maximum absolute atomic E-state index is 12.8. The third-order valence-corrected chi connectivity index (χ3v) is 11.6. The van der Waals surface area contributed by atoms with Crippen molar-refractivity contribution in [2.24, 2.45) is 0 Å². The highest BCUT2D eigenvalue weighted by atomic mass is 16.6. The average Bonchev–Trinajstić information content (AvgIpc) is 3.33. The largest absolute Gasteiger partial charge is 0.462 e. The smallest absolute Gasteiger partial charge is 0.306 e. The fourth-order valence-electron chi connectivity index (χ4n) is 7.44. The molecule has 382 valence electrons.